The Bertz CT molecular complexity index is 652. The quantitative estimate of drug-likeness (QED) is 0.733. The maximum absolute atomic E-state index is 12.9. The van der Waals surface area contributed by atoms with Crippen LogP contribution in [-0.4, -0.2) is 57.1 Å². The van der Waals surface area contributed by atoms with Gasteiger partial charge >= 0.3 is 0 Å². The number of halogens is 1. The molecule has 27 heavy (non-hydrogen) atoms. The molecule has 150 valence electrons. The normalized spacial score (nSPS) is 18.9. The average Bonchev–Trinajstić information content (AvgIpc) is 3.20. The molecular weight excluding hydrogens is 370 g/mol. The summed E-state index contributed by atoms with van der Waals surface area (Å²) in [6.45, 7) is 7.33. The number of carbonyl (C=O) groups excluding carboxylic acids is 1. The Kier molecular flexibility index (Phi) is 6.84. The van der Waals surface area contributed by atoms with Crippen LogP contribution in [-0.2, 0) is 9.47 Å². The lowest BCUT2D eigenvalue weighted by molar-refractivity contribution is -0.0956. The van der Waals surface area contributed by atoms with Crippen LogP contribution in [0.15, 0.2) is 12.1 Å². The zero-order chi connectivity index (χ0) is 19.4. The number of piperidine rings is 1. The number of hydrogen-bond acceptors (Lipinski definition) is 5. The van der Waals surface area contributed by atoms with Crippen molar-refractivity contribution < 1.29 is 23.7 Å². The van der Waals surface area contributed by atoms with Gasteiger partial charge in [0.05, 0.1) is 32.0 Å². The van der Waals surface area contributed by atoms with Gasteiger partial charge in [-0.2, -0.15) is 0 Å². The molecule has 0 bridgehead atoms. The highest BCUT2D eigenvalue weighted by Crippen LogP contribution is 2.37. The van der Waals surface area contributed by atoms with Crippen LogP contribution in [0.4, 0.5) is 0 Å². The maximum atomic E-state index is 12.9. The predicted molar refractivity (Wildman–Crippen MR) is 103 cm³/mol. The average molecular weight is 398 g/mol. The number of likely N-dealkylation sites (tertiary alicyclic amines) is 1. The highest BCUT2D eigenvalue weighted by Gasteiger charge is 2.32. The first-order valence-corrected chi connectivity index (χ1v) is 9.90. The fourth-order valence-electron chi connectivity index (χ4n) is 3.44. The summed E-state index contributed by atoms with van der Waals surface area (Å²) in [4.78, 5) is 14.8. The van der Waals surface area contributed by atoms with E-state index in [-0.39, 0.29) is 12.2 Å². The lowest BCUT2D eigenvalue weighted by Crippen LogP contribution is -2.41. The lowest BCUT2D eigenvalue weighted by Gasteiger charge is -2.34. The Morgan fingerprint density at radius 1 is 1.26 bits per heavy atom. The first-order chi connectivity index (χ1) is 13.0. The van der Waals surface area contributed by atoms with Crippen molar-refractivity contribution in [2.45, 2.75) is 33.0 Å². The lowest BCUT2D eigenvalue weighted by atomic mass is 9.95. The molecule has 1 amide bonds. The van der Waals surface area contributed by atoms with Crippen molar-refractivity contribution in [2.75, 3.05) is 40.0 Å². The molecule has 1 aromatic rings. The summed E-state index contributed by atoms with van der Waals surface area (Å²) in [6, 6.07) is 3.37. The molecule has 0 N–H and O–H groups in total. The van der Waals surface area contributed by atoms with Crippen LogP contribution in [0.3, 0.4) is 0 Å². The topological polar surface area (TPSA) is 57.2 Å². The van der Waals surface area contributed by atoms with Crippen LogP contribution >= 0.6 is 11.6 Å². The van der Waals surface area contributed by atoms with Crippen molar-refractivity contribution in [1.82, 2.24) is 4.90 Å². The van der Waals surface area contributed by atoms with Crippen LogP contribution < -0.4 is 9.47 Å². The minimum atomic E-state index is -0.116. The summed E-state index contributed by atoms with van der Waals surface area (Å²) in [5.74, 6) is 1.63. The van der Waals surface area contributed by atoms with Crippen LogP contribution in [0.5, 0.6) is 11.5 Å². The highest BCUT2D eigenvalue weighted by atomic mass is 35.5. The van der Waals surface area contributed by atoms with Gasteiger partial charge in [0.25, 0.3) is 5.91 Å². The second-order valence-corrected chi connectivity index (χ2v) is 7.84. The van der Waals surface area contributed by atoms with E-state index in [0.29, 0.717) is 66.8 Å². The van der Waals surface area contributed by atoms with E-state index in [1.54, 1.807) is 19.2 Å². The van der Waals surface area contributed by atoms with Crippen LogP contribution in [0.1, 0.15) is 37.0 Å². The van der Waals surface area contributed by atoms with Crippen LogP contribution in [0.25, 0.3) is 0 Å². The molecule has 2 fully saturated rings. The minimum absolute atomic E-state index is 0.0441. The SMILES string of the molecule is COc1cc(C(=O)N2CCC(C3OCCO3)CC2)cc(Cl)c1OCC(C)C. The molecule has 2 aliphatic heterocycles. The summed E-state index contributed by atoms with van der Waals surface area (Å²) >= 11 is 6.38. The standard InChI is InChI=1S/C20H28ClNO5/c1-13(2)12-27-18-16(21)10-15(11-17(18)24-3)19(23)22-6-4-14(5-7-22)20-25-8-9-26-20/h10-11,13-14,20H,4-9,12H2,1-3H3. The number of hydrogen-bond donors (Lipinski definition) is 0. The summed E-state index contributed by atoms with van der Waals surface area (Å²) in [5, 5.41) is 0.390. The third kappa shape index (κ3) is 4.86. The van der Waals surface area contributed by atoms with E-state index in [1.165, 1.54) is 0 Å². The van der Waals surface area contributed by atoms with Crippen molar-refractivity contribution in [2.24, 2.45) is 11.8 Å². The van der Waals surface area contributed by atoms with Gasteiger partial charge in [-0.25, -0.2) is 0 Å². The fourth-order valence-corrected chi connectivity index (χ4v) is 3.70. The Balaban J connectivity index is 1.66. The largest absolute Gasteiger partial charge is 0.493 e. The third-order valence-corrected chi connectivity index (χ3v) is 5.18. The van der Waals surface area contributed by atoms with Crippen molar-refractivity contribution in [1.29, 1.82) is 0 Å². The zero-order valence-electron chi connectivity index (χ0n) is 16.2. The molecule has 1 aromatic carbocycles. The molecule has 0 aromatic heterocycles. The Hall–Kier alpha value is -1.50. The number of nitrogens with zero attached hydrogens (tertiary/aromatic N) is 1. The molecule has 2 saturated heterocycles. The van der Waals surface area contributed by atoms with Crippen molar-refractivity contribution in [3.8, 4) is 11.5 Å². The van der Waals surface area contributed by atoms with E-state index >= 15 is 0 Å². The minimum Gasteiger partial charge on any atom is -0.493 e. The molecule has 0 aliphatic carbocycles. The van der Waals surface area contributed by atoms with Crippen molar-refractivity contribution in [3.05, 3.63) is 22.7 Å². The molecule has 0 radical (unpaired) electrons. The Labute approximate surface area is 165 Å². The molecule has 0 saturated carbocycles. The summed E-state index contributed by atoms with van der Waals surface area (Å²) in [7, 11) is 1.55. The molecule has 2 heterocycles. The van der Waals surface area contributed by atoms with Crippen LogP contribution in [0.2, 0.25) is 5.02 Å². The highest BCUT2D eigenvalue weighted by molar-refractivity contribution is 6.32. The van der Waals surface area contributed by atoms with E-state index in [0.717, 1.165) is 12.8 Å². The first kappa shape index (κ1) is 20.2. The smallest absolute Gasteiger partial charge is 0.254 e. The molecule has 0 unspecified atom stereocenters. The molecule has 7 heteroatoms. The summed E-state index contributed by atoms with van der Waals surface area (Å²) in [5.41, 5.74) is 0.514. The Morgan fingerprint density at radius 2 is 1.93 bits per heavy atom. The van der Waals surface area contributed by atoms with Gasteiger partial charge in [-0.1, -0.05) is 25.4 Å². The van der Waals surface area contributed by atoms with Crippen molar-refractivity contribution >= 4 is 17.5 Å². The summed E-state index contributed by atoms with van der Waals surface area (Å²) in [6.07, 6.45) is 1.63. The van der Waals surface area contributed by atoms with Gasteiger partial charge in [0.15, 0.2) is 17.8 Å². The number of ether oxygens (including phenoxy) is 4. The van der Waals surface area contributed by atoms with Gasteiger partial charge in [-0.15, -0.1) is 0 Å². The van der Waals surface area contributed by atoms with Gasteiger partial charge in [0.2, 0.25) is 0 Å². The second-order valence-electron chi connectivity index (χ2n) is 7.43. The van der Waals surface area contributed by atoms with Gasteiger partial charge < -0.3 is 23.8 Å². The zero-order valence-corrected chi connectivity index (χ0v) is 17.0. The monoisotopic (exact) mass is 397 g/mol. The third-order valence-electron chi connectivity index (χ3n) is 4.90. The first-order valence-electron chi connectivity index (χ1n) is 9.52. The van der Waals surface area contributed by atoms with E-state index < -0.39 is 0 Å². The molecular formula is C20H28ClNO5. The van der Waals surface area contributed by atoms with Crippen molar-refractivity contribution in [3.63, 3.8) is 0 Å². The number of carbonyl (C=O) groups is 1. The predicted octanol–water partition coefficient (Wildman–Crippen LogP) is 3.61. The molecule has 2 aliphatic rings. The van der Waals surface area contributed by atoms with Gasteiger partial charge in [-0.3, -0.25) is 4.79 Å². The van der Waals surface area contributed by atoms with Crippen LogP contribution in [0, 0.1) is 11.8 Å². The Morgan fingerprint density at radius 3 is 2.52 bits per heavy atom. The van der Waals surface area contributed by atoms with E-state index in [4.69, 9.17) is 30.5 Å². The number of methoxy groups -OCH3 is 1. The van der Waals surface area contributed by atoms with E-state index in [2.05, 4.69) is 13.8 Å². The van der Waals surface area contributed by atoms with Gasteiger partial charge in [-0.05, 0) is 30.9 Å². The summed E-state index contributed by atoms with van der Waals surface area (Å²) < 4.78 is 22.4. The molecule has 6 nitrogen and oxygen atoms in total. The van der Waals surface area contributed by atoms with Gasteiger partial charge in [0.1, 0.15) is 0 Å². The number of benzene rings is 1. The molecule has 3 rings (SSSR count). The molecule has 0 atom stereocenters. The van der Waals surface area contributed by atoms with E-state index in [9.17, 15) is 4.79 Å². The fraction of sp³-hybridized carbons (Fsp3) is 0.650. The van der Waals surface area contributed by atoms with E-state index in [1.807, 2.05) is 4.90 Å². The number of rotatable bonds is 6. The maximum Gasteiger partial charge on any atom is 0.254 e. The van der Waals surface area contributed by atoms with Gasteiger partial charge in [0, 0.05) is 24.6 Å². The number of amides is 1. The second kappa shape index (κ2) is 9.13. The molecule has 0 spiro atoms.